The van der Waals surface area contributed by atoms with Crippen LogP contribution in [0.3, 0.4) is 0 Å². The van der Waals surface area contributed by atoms with Crippen molar-refractivity contribution in [1.29, 1.82) is 0 Å². The molecule has 3 rings (SSSR count). The van der Waals surface area contributed by atoms with Crippen molar-refractivity contribution in [3.63, 3.8) is 0 Å². The van der Waals surface area contributed by atoms with Crippen LogP contribution in [0.5, 0.6) is 0 Å². The van der Waals surface area contributed by atoms with Crippen LogP contribution >= 0.6 is 27.3 Å². The maximum atomic E-state index is 5.80. The topological polar surface area (TPSA) is 29.3 Å². The molecular weight excluding hydrogens is 360 g/mol. The second-order valence-corrected chi connectivity index (χ2v) is 7.06. The number of halogens is 1. The van der Waals surface area contributed by atoms with Crippen LogP contribution in [-0.2, 0) is 13.1 Å². The van der Waals surface area contributed by atoms with Gasteiger partial charge in [0.15, 0.2) is 0 Å². The molecular formula is C17H17BrN2OS. The summed E-state index contributed by atoms with van der Waals surface area (Å²) in [4.78, 5) is 7.96. The fourth-order valence-corrected chi connectivity index (χ4v) is 3.37. The van der Waals surface area contributed by atoms with Crippen LogP contribution < -0.4 is 0 Å². The highest BCUT2D eigenvalue weighted by molar-refractivity contribution is 9.10. The molecule has 3 aromatic rings. The minimum absolute atomic E-state index is 0.719. The van der Waals surface area contributed by atoms with Crippen LogP contribution in [0.2, 0.25) is 0 Å². The van der Waals surface area contributed by atoms with E-state index < -0.39 is 0 Å². The van der Waals surface area contributed by atoms with E-state index in [4.69, 9.17) is 4.42 Å². The number of aryl methyl sites for hydroxylation is 1. The van der Waals surface area contributed by atoms with Gasteiger partial charge in [-0.2, -0.15) is 0 Å². The maximum Gasteiger partial charge on any atom is 0.236 e. The normalized spacial score (nSPS) is 11.3. The lowest BCUT2D eigenvalue weighted by molar-refractivity contribution is 0.313. The van der Waals surface area contributed by atoms with Gasteiger partial charge in [0.1, 0.15) is 5.76 Å². The highest BCUT2D eigenvalue weighted by Crippen LogP contribution is 2.26. The van der Waals surface area contributed by atoms with Gasteiger partial charge in [-0.25, -0.2) is 4.98 Å². The van der Waals surface area contributed by atoms with Gasteiger partial charge in [0, 0.05) is 17.6 Å². The Morgan fingerprint density at radius 1 is 1.18 bits per heavy atom. The molecule has 114 valence electrons. The Labute approximate surface area is 142 Å². The predicted octanol–water partition coefficient (Wildman–Crippen LogP) is 5.11. The second-order valence-electron chi connectivity index (χ2n) is 5.26. The third-order valence-corrected chi connectivity index (χ3v) is 5.07. The zero-order chi connectivity index (χ0) is 15.5. The van der Waals surface area contributed by atoms with Gasteiger partial charge in [0.25, 0.3) is 0 Å². The summed E-state index contributed by atoms with van der Waals surface area (Å²) in [5.74, 6) is 1.61. The van der Waals surface area contributed by atoms with Gasteiger partial charge in [0.05, 0.1) is 10.6 Å². The van der Waals surface area contributed by atoms with Crippen molar-refractivity contribution in [2.24, 2.45) is 0 Å². The average Bonchev–Trinajstić information content (AvgIpc) is 3.12. The number of nitrogens with zero attached hydrogens (tertiary/aromatic N) is 2. The fraction of sp³-hybridized carbons (Fsp3) is 0.235. The van der Waals surface area contributed by atoms with Gasteiger partial charge >= 0.3 is 0 Å². The first-order valence-corrected chi connectivity index (χ1v) is 8.73. The second kappa shape index (κ2) is 6.77. The number of hydrogen-bond donors (Lipinski definition) is 0. The zero-order valence-corrected chi connectivity index (χ0v) is 14.9. The number of thiophene rings is 1. The van der Waals surface area contributed by atoms with Crippen molar-refractivity contribution in [3.8, 4) is 10.8 Å². The summed E-state index contributed by atoms with van der Waals surface area (Å²) in [7, 11) is 2.10. The monoisotopic (exact) mass is 376 g/mol. The summed E-state index contributed by atoms with van der Waals surface area (Å²) >= 11 is 5.24. The van der Waals surface area contributed by atoms with Gasteiger partial charge in [0.2, 0.25) is 5.89 Å². The Bertz CT molecular complexity index is 752. The van der Waals surface area contributed by atoms with E-state index in [9.17, 15) is 0 Å². The molecule has 0 radical (unpaired) electrons. The largest absolute Gasteiger partial charge is 0.440 e. The molecule has 0 fully saturated rings. The molecule has 5 heteroatoms. The molecule has 0 atom stereocenters. The van der Waals surface area contributed by atoms with Crippen LogP contribution in [-0.4, -0.2) is 16.9 Å². The van der Waals surface area contributed by atoms with Crippen LogP contribution in [0.1, 0.15) is 17.0 Å². The van der Waals surface area contributed by atoms with Crippen LogP contribution in [0.25, 0.3) is 10.8 Å². The van der Waals surface area contributed by atoms with Crippen molar-refractivity contribution in [2.45, 2.75) is 20.0 Å². The molecule has 0 saturated carbocycles. The minimum atomic E-state index is 0.719. The molecule has 0 amide bonds. The minimum Gasteiger partial charge on any atom is -0.440 e. The van der Waals surface area contributed by atoms with Crippen molar-refractivity contribution < 1.29 is 4.42 Å². The first-order chi connectivity index (χ1) is 10.6. The lowest BCUT2D eigenvalue weighted by atomic mass is 10.2. The summed E-state index contributed by atoms with van der Waals surface area (Å²) in [5.41, 5.74) is 2.27. The SMILES string of the molecule is Cc1oc(-c2cccs2)nc1CN(C)Cc1ccccc1Br. The van der Waals surface area contributed by atoms with Crippen molar-refractivity contribution in [1.82, 2.24) is 9.88 Å². The molecule has 3 nitrogen and oxygen atoms in total. The summed E-state index contributed by atoms with van der Waals surface area (Å²) < 4.78 is 6.93. The molecule has 2 heterocycles. The highest BCUT2D eigenvalue weighted by atomic mass is 79.9. The quantitative estimate of drug-likeness (QED) is 0.619. The Hall–Kier alpha value is -1.43. The number of rotatable bonds is 5. The van der Waals surface area contributed by atoms with Crippen LogP contribution in [0.4, 0.5) is 0 Å². The number of hydrogen-bond acceptors (Lipinski definition) is 4. The Kier molecular flexibility index (Phi) is 4.76. The van der Waals surface area contributed by atoms with Crippen LogP contribution in [0, 0.1) is 6.92 Å². The Balaban J connectivity index is 1.72. The highest BCUT2D eigenvalue weighted by Gasteiger charge is 2.14. The first-order valence-electron chi connectivity index (χ1n) is 7.05. The number of aromatic nitrogens is 1. The van der Waals surface area contributed by atoms with Gasteiger partial charge in [-0.05, 0) is 37.0 Å². The summed E-state index contributed by atoms with van der Waals surface area (Å²) in [6.07, 6.45) is 0. The lowest BCUT2D eigenvalue weighted by Crippen LogP contribution is -2.18. The lowest BCUT2D eigenvalue weighted by Gasteiger charge is -2.16. The molecule has 0 unspecified atom stereocenters. The van der Waals surface area contributed by atoms with E-state index in [0.717, 1.165) is 39.8 Å². The van der Waals surface area contributed by atoms with Crippen molar-refractivity contribution >= 4 is 27.3 Å². The van der Waals surface area contributed by atoms with E-state index in [1.54, 1.807) is 11.3 Å². The fourth-order valence-electron chi connectivity index (χ4n) is 2.31. The average molecular weight is 377 g/mol. The molecule has 2 aromatic heterocycles. The smallest absolute Gasteiger partial charge is 0.236 e. The summed E-state index contributed by atoms with van der Waals surface area (Å²) in [6.45, 7) is 3.61. The molecule has 22 heavy (non-hydrogen) atoms. The van der Waals surface area contributed by atoms with Gasteiger partial charge in [-0.3, -0.25) is 4.90 Å². The molecule has 0 bridgehead atoms. The third kappa shape index (κ3) is 3.48. The van der Waals surface area contributed by atoms with E-state index >= 15 is 0 Å². The Morgan fingerprint density at radius 3 is 2.73 bits per heavy atom. The third-order valence-electron chi connectivity index (χ3n) is 3.44. The number of benzene rings is 1. The molecule has 0 aliphatic heterocycles. The van der Waals surface area contributed by atoms with Gasteiger partial charge in [-0.1, -0.05) is 40.2 Å². The van der Waals surface area contributed by atoms with E-state index in [0.29, 0.717) is 0 Å². The molecule has 0 saturated heterocycles. The van der Waals surface area contributed by atoms with Gasteiger partial charge < -0.3 is 4.42 Å². The van der Waals surface area contributed by atoms with E-state index in [1.165, 1.54) is 5.56 Å². The van der Waals surface area contributed by atoms with Crippen molar-refractivity contribution in [3.05, 3.63) is 63.3 Å². The first kappa shape index (κ1) is 15.5. The van der Waals surface area contributed by atoms with Gasteiger partial charge in [-0.15, -0.1) is 11.3 Å². The molecule has 0 aliphatic carbocycles. The standard InChI is InChI=1S/C17H17BrN2OS/c1-12-15(19-17(21-12)16-8-5-9-22-16)11-20(2)10-13-6-3-4-7-14(13)18/h3-9H,10-11H2,1-2H3. The molecule has 0 N–H and O–H groups in total. The summed E-state index contributed by atoms with van der Waals surface area (Å²) in [5, 5.41) is 2.04. The molecule has 0 aliphatic rings. The Morgan fingerprint density at radius 2 is 2.00 bits per heavy atom. The maximum absolute atomic E-state index is 5.80. The van der Waals surface area contributed by atoms with E-state index in [-0.39, 0.29) is 0 Å². The van der Waals surface area contributed by atoms with Crippen LogP contribution in [0.15, 0.2) is 50.7 Å². The number of oxazole rings is 1. The molecule has 0 spiro atoms. The van der Waals surface area contributed by atoms with Crippen molar-refractivity contribution in [2.75, 3.05) is 7.05 Å². The van der Waals surface area contributed by atoms with E-state index in [2.05, 4.69) is 51.1 Å². The van der Waals surface area contributed by atoms with E-state index in [1.807, 2.05) is 30.5 Å². The molecule has 1 aromatic carbocycles. The predicted molar refractivity (Wildman–Crippen MR) is 93.9 cm³/mol. The zero-order valence-electron chi connectivity index (χ0n) is 12.5. The summed E-state index contributed by atoms with van der Waals surface area (Å²) in [6, 6.07) is 12.3.